The Morgan fingerprint density at radius 2 is 1.83 bits per heavy atom. The fourth-order valence-corrected chi connectivity index (χ4v) is 2.31. The van der Waals surface area contributed by atoms with Crippen LogP contribution in [0.1, 0.15) is 11.1 Å². The lowest BCUT2D eigenvalue weighted by molar-refractivity contribution is 0.282. The first-order valence-electron chi connectivity index (χ1n) is 7.38. The highest BCUT2D eigenvalue weighted by atomic mass is 16.3. The van der Waals surface area contributed by atoms with E-state index >= 15 is 0 Å². The van der Waals surface area contributed by atoms with Gasteiger partial charge in [0, 0.05) is 24.0 Å². The SMILES string of the molecule is NCc1cccc(-c2ccnc(Nc3cccc(CO)c3)n2)c1. The van der Waals surface area contributed by atoms with Crippen LogP contribution in [0, 0.1) is 0 Å². The predicted octanol–water partition coefficient (Wildman–Crippen LogP) is 2.84. The third kappa shape index (κ3) is 3.71. The van der Waals surface area contributed by atoms with Crippen LogP contribution in [0.5, 0.6) is 0 Å². The van der Waals surface area contributed by atoms with Crippen molar-refractivity contribution < 1.29 is 5.11 Å². The number of benzene rings is 2. The molecular weight excluding hydrogens is 288 g/mol. The summed E-state index contributed by atoms with van der Waals surface area (Å²) in [5, 5.41) is 12.4. The molecule has 0 saturated heterocycles. The first-order chi connectivity index (χ1) is 11.3. The molecule has 116 valence electrons. The van der Waals surface area contributed by atoms with E-state index in [2.05, 4.69) is 15.3 Å². The lowest BCUT2D eigenvalue weighted by atomic mass is 10.1. The van der Waals surface area contributed by atoms with E-state index < -0.39 is 0 Å². The number of aromatic nitrogens is 2. The number of anilines is 2. The van der Waals surface area contributed by atoms with Gasteiger partial charge in [0.25, 0.3) is 0 Å². The van der Waals surface area contributed by atoms with Crippen LogP contribution in [0.15, 0.2) is 60.8 Å². The predicted molar refractivity (Wildman–Crippen MR) is 91.0 cm³/mol. The average molecular weight is 306 g/mol. The van der Waals surface area contributed by atoms with Crippen LogP contribution < -0.4 is 11.1 Å². The van der Waals surface area contributed by atoms with Gasteiger partial charge in [-0.1, -0.05) is 30.3 Å². The molecule has 0 radical (unpaired) electrons. The molecule has 0 spiro atoms. The number of nitrogens with two attached hydrogens (primary N) is 1. The normalized spacial score (nSPS) is 10.5. The first-order valence-corrected chi connectivity index (χ1v) is 7.38. The summed E-state index contributed by atoms with van der Waals surface area (Å²) in [6, 6.07) is 17.4. The molecule has 5 nitrogen and oxygen atoms in total. The molecule has 0 unspecified atom stereocenters. The Bertz CT molecular complexity index is 804. The number of rotatable bonds is 5. The second-order valence-corrected chi connectivity index (χ2v) is 5.15. The fourth-order valence-electron chi connectivity index (χ4n) is 2.31. The van der Waals surface area contributed by atoms with Crippen molar-refractivity contribution in [2.75, 3.05) is 5.32 Å². The molecule has 23 heavy (non-hydrogen) atoms. The van der Waals surface area contributed by atoms with E-state index in [0.717, 1.165) is 28.1 Å². The van der Waals surface area contributed by atoms with Crippen LogP contribution in [0.2, 0.25) is 0 Å². The van der Waals surface area contributed by atoms with E-state index in [4.69, 9.17) is 5.73 Å². The number of aliphatic hydroxyl groups is 1. The van der Waals surface area contributed by atoms with Crippen molar-refractivity contribution >= 4 is 11.6 Å². The summed E-state index contributed by atoms with van der Waals surface area (Å²) in [4.78, 5) is 8.79. The number of hydrogen-bond donors (Lipinski definition) is 3. The molecule has 4 N–H and O–H groups in total. The Morgan fingerprint density at radius 3 is 2.65 bits per heavy atom. The van der Waals surface area contributed by atoms with Gasteiger partial charge in [0.2, 0.25) is 5.95 Å². The van der Waals surface area contributed by atoms with Crippen LogP contribution in [0.25, 0.3) is 11.3 Å². The minimum Gasteiger partial charge on any atom is -0.392 e. The van der Waals surface area contributed by atoms with Crippen molar-refractivity contribution in [2.45, 2.75) is 13.2 Å². The van der Waals surface area contributed by atoms with Crippen molar-refractivity contribution in [1.29, 1.82) is 0 Å². The van der Waals surface area contributed by atoms with Gasteiger partial charge in [-0.05, 0) is 35.4 Å². The number of hydrogen-bond acceptors (Lipinski definition) is 5. The summed E-state index contributed by atoms with van der Waals surface area (Å²) in [7, 11) is 0. The quantitative estimate of drug-likeness (QED) is 0.675. The standard InChI is InChI=1S/C18H18N4O/c19-11-13-3-1-5-15(9-13)17-7-8-20-18(22-17)21-16-6-2-4-14(10-16)12-23/h1-10,23H,11-12,19H2,(H,20,21,22). The van der Waals surface area contributed by atoms with Gasteiger partial charge in [0.05, 0.1) is 12.3 Å². The molecule has 0 aliphatic carbocycles. The molecule has 1 aromatic heterocycles. The molecule has 0 aliphatic rings. The van der Waals surface area contributed by atoms with E-state index in [1.165, 1.54) is 0 Å². The van der Waals surface area contributed by atoms with E-state index in [0.29, 0.717) is 12.5 Å². The highest BCUT2D eigenvalue weighted by molar-refractivity contribution is 5.62. The van der Waals surface area contributed by atoms with Gasteiger partial charge >= 0.3 is 0 Å². The van der Waals surface area contributed by atoms with Crippen molar-refractivity contribution in [3.8, 4) is 11.3 Å². The van der Waals surface area contributed by atoms with Crippen LogP contribution in [-0.4, -0.2) is 15.1 Å². The van der Waals surface area contributed by atoms with Gasteiger partial charge < -0.3 is 16.2 Å². The van der Waals surface area contributed by atoms with Crippen LogP contribution >= 0.6 is 0 Å². The number of nitrogens with zero attached hydrogens (tertiary/aromatic N) is 2. The molecule has 0 fully saturated rings. The molecule has 2 aromatic carbocycles. The van der Waals surface area contributed by atoms with Crippen molar-refractivity contribution in [3.05, 3.63) is 71.9 Å². The zero-order valence-electron chi connectivity index (χ0n) is 12.6. The van der Waals surface area contributed by atoms with E-state index in [-0.39, 0.29) is 6.61 Å². The van der Waals surface area contributed by atoms with E-state index in [1.807, 2.05) is 54.6 Å². The second kappa shape index (κ2) is 7.00. The smallest absolute Gasteiger partial charge is 0.227 e. The zero-order valence-corrected chi connectivity index (χ0v) is 12.6. The van der Waals surface area contributed by atoms with Crippen molar-refractivity contribution in [2.24, 2.45) is 5.73 Å². The van der Waals surface area contributed by atoms with Crippen LogP contribution in [-0.2, 0) is 13.2 Å². The van der Waals surface area contributed by atoms with Gasteiger partial charge in [-0.2, -0.15) is 0 Å². The molecule has 1 heterocycles. The number of nitrogens with one attached hydrogen (secondary N) is 1. The molecule has 0 aliphatic heterocycles. The lowest BCUT2D eigenvalue weighted by Crippen LogP contribution is -1.99. The summed E-state index contributed by atoms with van der Waals surface area (Å²) in [5.41, 5.74) is 10.3. The fraction of sp³-hybridized carbons (Fsp3) is 0.111. The Labute approximate surface area is 134 Å². The van der Waals surface area contributed by atoms with E-state index in [9.17, 15) is 5.11 Å². The number of aliphatic hydroxyl groups excluding tert-OH is 1. The summed E-state index contributed by atoms with van der Waals surface area (Å²) < 4.78 is 0. The van der Waals surface area contributed by atoms with E-state index in [1.54, 1.807) is 6.20 Å². The molecular formula is C18H18N4O. The summed E-state index contributed by atoms with van der Waals surface area (Å²) in [5.74, 6) is 0.510. The van der Waals surface area contributed by atoms with Crippen LogP contribution in [0.4, 0.5) is 11.6 Å². The highest BCUT2D eigenvalue weighted by Gasteiger charge is 2.04. The molecule has 0 atom stereocenters. The Hall–Kier alpha value is -2.76. The lowest BCUT2D eigenvalue weighted by Gasteiger charge is -2.08. The zero-order chi connectivity index (χ0) is 16.1. The maximum Gasteiger partial charge on any atom is 0.227 e. The maximum absolute atomic E-state index is 9.20. The van der Waals surface area contributed by atoms with Gasteiger partial charge in [-0.3, -0.25) is 0 Å². The van der Waals surface area contributed by atoms with Crippen molar-refractivity contribution in [3.63, 3.8) is 0 Å². The van der Waals surface area contributed by atoms with Gasteiger partial charge in [0.1, 0.15) is 0 Å². The first kappa shape index (κ1) is 15.1. The Morgan fingerprint density at radius 1 is 1.00 bits per heavy atom. The monoisotopic (exact) mass is 306 g/mol. The minimum absolute atomic E-state index is 0.00228. The third-order valence-electron chi connectivity index (χ3n) is 3.48. The molecule has 0 amide bonds. The molecule has 3 aromatic rings. The van der Waals surface area contributed by atoms with Gasteiger partial charge in [-0.15, -0.1) is 0 Å². The average Bonchev–Trinajstić information content (AvgIpc) is 2.62. The summed E-state index contributed by atoms with van der Waals surface area (Å²) in [6.45, 7) is 0.500. The summed E-state index contributed by atoms with van der Waals surface area (Å²) in [6.07, 6.45) is 1.72. The minimum atomic E-state index is 0.00228. The van der Waals surface area contributed by atoms with Crippen LogP contribution in [0.3, 0.4) is 0 Å². The molecule has 0 saturated carbocycles. The molecule has 3 rings (SSSR count). The Kier molecular flexibility index (Phi) is 4.61. The summed E-state index contributed by atoms with van der Waals surface area (Å²) >= 11 is 0. The molecule has 5 heteroatoms. The van der Waals surface area contributed by atoms with Gasteiger partial charge in [0.15, 0.2) is 0 Å². The largest absolute Gasteiger partial charge is 0.392 e. The second-order valence-electron chi connectivity index (χ2n) is 5.15. The highest BCUT2D eigenvalue weighted by Crippen LogP contribution is 2.21. The molecule has 0 bridgehead atoms. The third-order valence-corrected chi connectivity index (χ3v) is 3.48. The topological polar surface area (TPSA) is 84.1 Å². The Balaban J connectivity index is 1.87. The van der Waals surface area contributed by atoms with Gasteiger partial charge in [-0.25, -0.2) is 9.97 Å². The maximum atomic E-state index is 9.20. The van der Waals surface area contributed by atoms with Crippen molar-refractivity contribution in [1.82, 2.24) is 9.97 Å².